The van der Waals surface area contributed by atoms with Gasteiger partial charge in [-0.25, -0.2) is 5.84 Å². The van der Waals surface area contributed by atoms with Crippen LogP contribution in [-0.4, -0.2) is 11.7 Å². The van der Waals surface area contributed by atoms with Crippen molar-refractivity contribution in [3.05, 3.63) is 35.6 Å². The Balaban J connectivity index is 2.25. The van der Waals surface area contributed by atoms with Crippen LogP contribution in [0.4, 0.5) is 0 Å². The van der Waals surface area contributed by atoms with E-state index in [0.717, 1.165) is 23.1 Å². The van der Waals surface area contributed by atoms with Crippen LogP contribution in [0.2, 0.25) is 0 Å². The SMILES string of the molecule is CCC(C)CSCc1oc2ccccc2c1C(=O)NN. The van der Waals surface area contributed by atoms with Gasteiger partial charge >= 0.3 is 0 Å². The molecule has 3 N–H and O–H groups in total. The Labute approximate surface area is 123 Å². The van der Waals surface area contributed by atoms with Crippen LogP contribution in [0.25, 0.3) is 11.0 Å². The monoisotopic (exact) mass is 292 g/mol. The summed E-state index contributed by atoms with van der Waals surface area (Å²) in [5.74, 6) is 8.07. The number of carbonyl (C=O) groups excluding carboxylic acids is 1. The number of nitrogen functional groups attached to an aromatic ring is 1. The van der Waals surface area contributed by atoms with E-state index in [2.05, 4.69) is 19.3 Å². The van der Waals surface area contributed by atoms with Gasteiger partial charge < -0.3 is 4.42 Å². The molecule has 0 saturated heterocycles. The molecule has 1 unspecified atom stereocenters. The Morgan fingerprint density at radius 1 is 1.45 bits per heavy atom. The number of carbonyl (C=O) groups is 1. The molecule has 1 aromatic carbocycles. The Kier molecular flexibility index (Phi) is 5.09. The summed E-state index contributed by atoms with van der Waals surface area (Å²) >= 11 is 1.78. The second-order valence-corrected chi connectivity index (χ2v) is 5.93. The third-order valence-electron chi connectivity index (χ3n) is 3.36. The quantitative estimate of drug-likeness (QED) is 0.487. The first-order valence-electron chi connectivity index (χ1n) is 6.76. The summed E-state index contributed by atoms with van der Waals surface area (Å²) in [5, 5.41) is 0.814. The molecular weight excluding hydrogens is 272 g/mol. The molecular formula is C15H20N2O2S. The number of fused-ring (bicyclic) bond motifs is 1. The highest BCUT2D eigenvalue weighted by atomic mass is 32.2. The Morgan fingerprint density at radius 2 is 2.20 bits per heavy atom. The van der Waals surface area contributed by atoms with Crippen LogP contribution in [0, 0.1) is 5.92 Å². The lowest BCUT2D eigenvalue weighted by atomic mass is 10.1. The van der Waals surface area contributed by atoms with Crippen molar-refractivity contribution in [1.82, 2.24) is 5.43 Å². The fraction of sp³-hybridized carbons (Fsp3) is 0.400. The molecule has 2 aromatic rings. The van der Waals surface area contributed by atoms with Crippen LogP contribution in [-0.2, 0) is 5.75 Å². The predicted molar refractivity (Wildman–Crippen MR) is 83.5 cm³/mol. The van der Waals surface area contributed by atoms with Gasteiger partial charge in [-0.1, -0.05) is 38.5 Å². The van der Waals surface area contributed by atoms with E-state index in [4.69, 9.17) is 10.3 Å². The van der Waals surface area contributed by atoms with Crippen molar-refractivity contribution >= 4 is 28.6 Å². The maximum absolute atomic E-state index is 12.0. The zero-order valence-electron chi connectivity index (χ0n) is 11.8. The van der Waals surface area contributed by atoms with Gasteiger partial charge in [0, 0.05) is 5.39 Å². The van der Waals surface area contributed by atoms with Gasteiger partial charge in [-0.3, -0.25) is 10.2 Å². The molecule has 1 heterocycles. The van der Waals surface area contributed by atoms with E-state index in [1.807, 2.05) is 24.3 Å². The van der Waals surface area contributed by atoms with Crippen molar-refractivity contribution in [2.24, 2.45) is 11.8 Å². The fourth-order valence-electron chi connectivity index (χ4n) is 1.99. The van der Waals surface area contributed by atoms with Crippen LogP contribution in [0.1, 0.15) is 36.4 Å². The molecule has 1 aromatic heterocycles. The number of hydrogen-bond donors (Lipinski definition) is 2. The summed E-state index contributed by atoms with van der Waals surface area (Å²) in [6.45, 7) is 4.40. The molecule has 1 atom stereocenters. The van der Waals surface area contributed by atoms with Gasteiger partial charge in [0.05, 0.1) is 11.3 Å². The number of rotatable bonds is 6. The van der Waals surface area contributed by atoms with E-state index in [1.54, 1.807) is 11.8 Å². The van der Waals surface area contributed by atoms with E-state index in [1.165, 1.54) is 0 Å². The number of furan rings is 1. The highest BCUT2D eigenvalue weighted by Crippen LogP contribution is 2.29. The number of para-hydroxylation sites is 1. The normalized spacial score (nSPS) is 12.6. The van der Waals surface area contributed by atoms with Crippen molar-refractivity contribution in [3.63, 3.8) is 0 Å². The molecule has 0 aliphatic heterocycles. The average molecular weight is 292 g/mol. The van der Waals surface area contributed by atoms with Gasteiger partial charge in [-0.05, 0) is 17.7 Å². The standard InChI is InChI=1S/C15H20N2O2S/c1-3-10(2)8-20-9-13-14(15(18)17-16)11-6-4-5-7-12(11)19-13/h4-7,10H,3,8-9,16H2,1-2H3,(H,17,18). The predicted octanol–water partition coefficient (Wildman–Crippen LogP) is 3.32. The summed E-state index contributed by atoms with van der Waals surface area (Å²) in [5.41, 5.74) is 3.48. The molecule has 0 radical (unpaired) electrons. The number of nitrogens with two attached hydrogens (primary N) is 1. The van der Waals surface area contributed by atoms with Crippen molar-refractivity contribution in [2.45, 2.75) is 26.0 Å². The number of hydrogen-bond acceptors (Lipinski definition) is 4. The minimum Gasteiger partial charge on any atom is -0.459 e. The zero-order chi connectivity index (χ0) is 14.5. The molecule has 0 fully saturated rings. The maximum atomic E-state index is 12.0. The zero-order valence-corrected chi connectivity index (χ0v) is 12.6. The molecule has 1 amide bonds. The molecule has 0 aliphatic carbocycles. The molecule has 20 heavy (non-hydrogen) atoms. The third-order valence-corrected chi connectivity index (χ3v) is 4.63. The second kappa shape index (κ2) is 6.81. The van der Waals surface area contributed by atoms with E-state index < -0.39 is 0 Å². The Bertz CT molecular complexity index is 595. The van der Waals surface area contributed by atoms with Crippen LogP contribution in [0.3, 0.4) is 0 Å². The number of benzene rings is 1. The summed E-state index contributed by atoms with van der Waals surface area (Å²) in [4.78, 5) is 12.0. The summed E-state index contributed by atoms with van der Waals surface area (Å²) in [6, 6.07) is 7.53. The second-order valence-electron chi connectivity index (χ2n) is 4.90. The van der Waals surface area contributed by atoms with Crippen LogP contribution in [0.15, 0.2) is 28.7 Å². The molecule has 0 saturated carbocycles. The minimum atomic E-state index is -0.297. The Morgan fingerprint density at radius 3 is 2.90 bits per heavy atom. The average Bonchev–Trinajstić information content (AvgIpc) is 2.84. The lowest BCUT2D eigenvalue weighted by Crippen LogP contribution is -2.30. The van der Waals surface area contributed by atoms with Crippen LogP contribution in [0.5, 0.6) is 0 Å². The lowest BCUT2D eigenvalue weighted by Gasteiger charge is -2.07. The lowest BCUT2D eigenvalue weighted by molar-refractivity contribution is 0.0953. The highest BCUT2D eigenvalue weighted by molar-refractivity contribution is 7.98. The van der Waals surface area contributed by atoms with Gasteiger partial charge in [-0.2, -0.15) is 11.8 Å². The first-order valence-corrected chi connectivity index (χ1v) is 7.91. The molecule has 2 rings (SSSR count). The van der Waals surface area contributed by atoms with Crippen molar-refractivity contribution < 1.29 is 9.21 Å². The van der Waals surface area contributed by atoms with Crippen molar-refractivity contribution in [1.29, 1.82) is 0 Å². The van der Waals surface area contributed by atoms with E-state index in [0.29, 0.717) is 23.0 Å². The number of nitrogens with one attached hydrogen (secondary N) is 1. The van der Waals surface area contributed by atoms with E-state index >= 15 is 0 Å². The van der Waals surface area contributed by atoms with Gasteiger partial charge in [-0.15, -0.1) is 0 Å². The largest absolute Gasteiger partial charge is 0.459 e. The molecule has 0 spiro atoms. The molecule has 0 aliphatic rings. The number of thioether (sulfide) groups is 1. The molecule has 5 heteroatoms. The summed E-state index contributed by atoms with van der Waals surface area (Å²) in [6.07, 6.45) is 1.16. The number of amides is 1. The molecule has 4 nitrogen and oxygen atoms in total. The number of hydrazine groups is 1. The first kappa shape index (κ1) is 14.9. The summed E-state index contributed by atoms with van der Waals surface area (Å²) < 4.78 is 5.80. The van der Waals surface area contributed by atoms with Gasteiger partial charge in [0.25, 0.3) is 5.91 Å². The van der Waals surface area contributed by atoms with Gasteiger partial charge in [0.1, 0.15) is 11.3 Å². The van der Waals surface area contributed by atoms with Gasteiger partial charge in [0.15, 0.2) is 0 Å². The van der Waals surface area contributed by atoms with Crippen LogP contribution < -0.4 is 11.3 Å². The first-order chi connectivity index (χ1) is 9.67. The fourth-order valence-corrected chi connectivity index (χ4v) is 3.13. The maximum Gasteiger partial charge on any atom is 0.269 e. The van der Waals surface area contributed by atoms with Crippen LogP contribution >= 0.6 is 11.8 Å². The van der Waals surface area contributed by atoms with E-state index in [9.17, 15) is 4.79 Å². The minimum absolute atomic E-state index is 0.297. The highest BCUT2D eigenvalue weighted by Gasteiger charge is 2.19. The van der Waals surface area contributed by atoms with Gasteiger partial charge in [0.2, 0.25) is 0 Å². The van der Waals surface area contributed by atoms with Crippen molar-refractivity contribution in [2.75, 3.05) is 5.75 Å². The summed E-state index contributed by atoms with van der Waals surface area (Å²) in [7, 11) is 0. The van der Waals surface area contributed by atoms with E-state index in [-0.39, 0.29) is 5.91 Å². The molecule has 108 valence electrons. The smallest absolute Gasteiger partial charge is 0.269 e. The van der Waals surface area contributed by atoms with Crippen molar-refractivity contribution in [3.8, 4) is 0 Å². The Hall–Kier alpha value is -1.46. The third kappa shape index (κ3) is 3.16. The molecule has 0 bridgehead atoms. The topological polar surface area (TPSA) is 68.3 Å².